The fourth-order valence-corrected chi connectivity index (χ4v) is 1.22. The highest BCUT2D eigenvalue weighted by Crippen LogP contribution is 2.22. The van der Waals surface area contributed by atoms with Crippen molar-refractivity contribution in [2.45, 2.75) is 27.2 Å². The van der Waals surface area contributed by atoms with Gasteiger partial charge in [-0.1, -0.05) is 20.8 Å². The number of methoxy groups -OCH3 is 1. The molecule has 0 aliphatic carbocycles. The SMILES string of the molecule is CCC(C)(C)C(=O)N(CCO)CCOC. The lowest BCUT2D eigenvalue weighted by atomic mass is 9.88. The first-order valence-electron chi connectivity index (χ1n) is 5.38. The van der Waals surface area contributed by atoms with Crippen LogP contribution in [0.2, 0.25) is 0 Å². The number of aliphatic hydroxyl groups excluding tert-OH is 1. The van der Waals surface area contributed by atoms with Gasteiger partial charge >= 0.3 is 0 Å². The molecule has 0 bridgehead atoms. The third-order valence-corrected chi connectivity index (χ3v) is 2.69. The monoisotopic (exact) mass is 217 g/mol. The Bertz CT molecular complexity index is 192. The Morgan fingerprint density at radius 2 is 2.00 bits per heavy atom. The summed E-state index contributed by atoms with van der Waals surface area (Å²) in [5, 5.41) is 8.89. The van der Waals surface area contributed by atoms with Crippen LogP contribution in [0.1, 0.15) is 27.2 Å². The molecule has 0 aliphatic rings. The fraction of sp³-hybridized carbons (Fsp3) is 0.909. The smallest absolute Gasteiger partial charge is 0.228 e. The summed E-state index contributed by atoms with van der Waals surface area (Å²) < 4.78 is 4.94. The molecule has 0 saturated heterocycles. The van der Waals surface area contributed by atoms with E-state index in [1.165, 1.54) is 0 Å². The molecule has 0 spiro atoms. The highest BCUT2D eigenvalue weighted by molar-refractivity contribution is 5.81. The van der Waals surface area contributed by atoms with Crippen molar-refractivity contribution in [2.24, 2.45) is 5.41 Å². The van der Waals surface area contributed by atoms with Crippen LogP contribution in [0.3, 0.4) is 0 Å². The standard InChI is InChI=1S/C11H23NO3/c1-5-11(2,3)10(14)12(6-8-13)7-9-15-4/h13H,5-9H2,1-4H3. The number of ether oxygens (including phenoxy) is 1. The van der Waals surface area contributed by atoms with E-state index in [1.807, 2.05) is 20.8 Å². The molecule has 0 saturated carbocycles. The van der Waals surface area contributed by atoms with Crippen LogP contribution >= 0.6 is 0 Å². The third kappa shape index (κ3) is 4.62. The minimum absolute atomic E-state index is 0.00471. The van der Waals surface area contributed by atoms with Crippen LogP contribution in [-0.2, 0) is 9.53 Å². The first kappa shape index (κ1) is 14.4. The van der Waals surface area contributed by atoms with E-state index in [2.05, 4.69) is 0 Å². The van der Waals surface area contributed by atoms with Crippen LogP contribution in [0, 0.1) is 5.41 Å². The fourth-order valence-electron chi connectivity index (χ4n) is 1.22. The molecular weight excluding hydrogens is 194 g/mol. The molecule has 15 heavy (non-hydrogen) atoms. The molecule has 0 aromatic carbocycles. The molecule has 0 aromatic rings. The molecule has 0 aromatic heterocycles. The van der Waals surface area contributed by atoms with Gasteiger partial charge in [-0.2, -0.15) is 0 Å². The molecule has 1 N–H and O–H groups in total. The number of amides is 1. The lowest BCUT2D eigenvalue weighted by Crippen LogP contribution is -2.43. The van der Waals surface area contributed by atoms with Gasteiger partial charge in [0.15, 0.2) is 0 Å². The zero-order valence-corrected chi connectivity index (χ0v) is 10.2. The molecule has 0 rings (SSSR count). The zero-order valence-electron chi connectivity index (χ0n) is 10.2. The molecule has 0 fully saturated rings. The van der Waals surface area contributed by atoms with Gasteiger partial charge in [0.2, 0.25) is 5.91 Å². The van der Waals surface area contributed by atoms with Crippen molar-refractivity contribution < 1.29 is 14.6 Å². The molecule has 90 valence electrons. The predicted molar refractivity (Wildman–Crippen MR) is 59.6 cm³/mol. The first-order chi connectivity index (χ1) is 6.99. The summed E-state index contributed by atoms with van der Waals surface area (Å²) in [6, 6.07) is 0. The van der Waals surface area contributed by atoms with Crippen LogP contribution < -0.4 is 0 Å². The number of aliphatic hydroxyl groups is 1. The topological polar surface area (TPSA) is 49.8 Å². The summed E-state index contributed by atoms with van der Waals surface area (Å²) >= 11 is 0. The minimum Gasteiger partial charge on any atom is -0.395 e. The largest absolute Gasteiger partial charge is 0.395 e. The average Bonchev–Trinajstić information content (AvgIpc) is 2.23. The van der Waals surface area contributed by atoms with Gasteiger partial charge < -0.3 is 14.7 Å². The summed E-state index contributed by atoms with van der Waals surface area (Å²) in [6.07, 6.45) is 0.792. The summed E-state index contributed by atoms with van der Waals surface area (Å²) in [6.45, 7) is 7.26. The van der Waals surface area contributed by atoms with Crippen molar-refractivity contribution in [1.29, 1.82) is 0 Å². The van der Waals surface area contributed by atoms with E-state index in [4.69, 9.17) is 9.84 Å². The number of hydrogen-bond donors (Lipinski definition) is 1. The van der Waals surface area contributed by atoms with Gasteiger partial charge in [0.1, 0.15) is 0 Å². The van der Waals surface area contributed by atoms with Crippen molar-refractivity contribution >= 4 is 5.91 Å². The molecular formula is C11H23NO3. The lowest BCUT2D eigenvalue weighted by Gasteiger charge is -2.30. The third-order valence-electron chi connectivity index (χ3n) is 2.69. The van der Waals surface area contributed by atoms with E-state index in [1.54, 1.807) is 12.0 Å². The van der Waals surface area contributed by atoms with Gasteiger partial charge in [0.25, 0.3) is 0 Å². The van der Waals surface area contributed by atoms with Gasteiger partial charge in [-0.05, 0) is 6.42 Å². The molecule has 0 aliphatic heterocycles. The van der Waals surface area contributed by atoms with E-state index in [9.17, 15) is 4.79 Å². The number of nitrogens with zero attached hydrogens (tertiary/aromatic N) is 1. The summed E-state index contributed by atoms with van der Waals surface area (Å²) in [7, 11) is 1.60. The minimum atomic E-state index is -0.358. The highest BCUT2D eigenvalue weighted by atomic mass is 16.5. The first-order valence-corrected chi connectivity index (χ1v) is 5.38. The molecule has 0 atom stereocenters. The van der Waals surface area contributed by atoms with Crippen LogP contribution in [0.25, 0.3) is 0 Å². The second kappa shape index (κ2) is 6.80. The lowest BCUT2D eigenvalue weighted by molar-refractivity contribution is -0.141. The Morgan fingerprint density at radius 3 is 2.40 bits per heavy atom. The maximum atomic E-state index is 12.1. The predicted octanol–water partition coefficient (Wildman–Crippen LogP) is 0.890. The van der Waals surface area contributed by atoms with Crippen molar-refractivity contribution in [3.63, 3.8) is 0 Å². The Hall–Kier alpha value is -0.610. The van der Waals surface area contributed by atoms with E-state index in [-0.39, 0.29) is 17.9 Å². The average molecular weight is 217 g/mol. The molecule has 0 heterocycles. The maximum absolute atomic E-state index is 12.1. The van der Waals surface area contributed by atoms with Gasteiger partial charge in [0, 0.05) is 25.6 Å². The van der Waals surface area contributed by atoms with Gasteiger partial charge in [-0.25, -0.2) is 0 Å². The Morgan fingerprint density at radius 1 is 1.40 bits per heavy atom. The number of rotatable bonds is 7. The summed E-state index contributed by atoms with van der Waals surface area (Å²) in [5.41, 5.74) is -0.358. The molecule has 0 radical (unpaired) electrons. The number of carbonyl (C=O) groups excluding carboxylic acids is 1. The Labute approximate surface area is 92.2 Å². The quantitative estimate of drug-likeness (QED) is 0.689. The zero-order chi connectivity index (χ0) is 11.9. The highest BCUT2D eigenvalue weighted by Gasteiger charge is 2.29. The van der Waals surface area contributed by atoms with Gasteiger partial charge in [-0.15, -0.1) is 0 Å². The molecule has 0 unspecified atom stereocenters. The molecule has 1 amide bonds. The second-order valence-electron chi connectivity index (χ2n) is 4.25. The normalized spacial score (nSPS) is 11.5. The molecule has 4 nitrogen and oxygen atoms in total. The van der Waals surface area contributed by atoms with Crippen molar-refractivity contribution in [1.82, 2.24) is 4.90 Å². The van der Waals surface area contributed by atoms with Crippen molar-refractivity contribution in [3.05, 3.63) is 0 Å². The van der Waals surface area contributed by atoms with Gasteiger partial charge in [0.05, 0.1) is 13.2 Å². The van der Waals surface area contributed by atoms with E-state index in [0.717, 1.165) is 6.42 Å². The summed E-state index contributed by atoms with van der Waals surface area (Å²) in [4.78, 5) is 13.7. The van der Waals surface area contributed by atoms with E-state index < -0.39 is 0 Å². The number of hydrogen-bond acceptors (Lipinski definition) is 3. The summed E-state index contributed by atoms with van der Waals surface area (Å²) in [5.74, 6) is 0.0797. The Balaban J connectivity index is 4.40. The van der Waals surface area contributed by atoms with Crippen LogP contribution in [0.4, 0.5) is 0 Å². The van der Waals surface area contributed by atoms with Crippen LogP contribution in [0.5, 0.6) is 0 Å². The molecule has 4 heteroatoms. The van der Waals surface area contributed by atoms with Crippen LogP contribution in [-0.4, -0.2) is 49.3 Å². The maximum Gasteiger partial charge on any atom is 0.228 e. The second-order valence-corrected chi connectivity index (χ2v) is 4.25. The van der Waals surface area contributed by atoms with Crippen molar-refractivity contribution in [2.75, 3.05) is 33.4 Å². The number of carbonyl (C=O) groups is 1. The van der Waals surface area contributed by atoms with E-state index >= 15 is 0 Å². The van der Waals surface area contributed by atoms with Crippen molar-refractivity contribution in [3.8, 4) is 0 Å². The van der Waals surface area contributed by atoms with Crippen LogP contribution in [0.15, 0.2) is 0 Å². The van der Waals surface area contributed by atoms with E-state index in [0.29, 0.717) is 19.7 Å². The van der Waals surface area contributed by atoms with Gasteiger partial charge in [-0.3, -0.25) is 4.79 Å². The Kier molecular flexibility index (Phi) is 6.52.